The van der Waals surface area contributed by atoms with Gasteiger partial charge in [-0.3, -0.25) is 9.69 Å². The van der Waals surface area contributed by atoms with Gasteiger partial charge in [0.25, 0.3) is 5.89 Å². The van der Waals surface area contributed by atoms with Crippen LogP contribution in [0.2, 0.25) is 0 Å². The minimum Gasteiger partial charge on any atom is -0.334 e. The average molecular weight is 405 g/mol. The lowest BCUT2D eigenvalue weighted by atomic mass is 9.95. The van der Waals surface area contributed by atoms with Crippen molar-refractivity contribution >= 4 is 11.6 Å². The maximum Gasteiger partial charge on any atom is 0.257 e. The van der Waals surface area contributed by atoms with Crippen molar-refractivity contribution in [3.8, 4) is 11.5 Å². The van der Waals surface area contributed by atoms with E-state index in [-0.39, 0.29) is 11.8 Å². The van der Waals surface area contributed by atoms with Crippen LogP contribution in [0.5, 0.6) is 0 Å². The molecule has 1 aliphatic rings. The van der Waals surface area contributed by atoms with E-state index in [1.54, 1.807) is 0 Å². The maximum atomic E-state index is 12.7. The van der Waals surface area contributed by atoms with Gasteiger partial charge in [-0.25, -0.2) is 0 Å². The van der Waals surface area contributed by atoms with E-state index in [1.807, 2.05) is 43.3 Å². The van der Waals surface area contributed by atoms with Gasteiger partial charge < -0.3 is 9.84 Å². The summed E-state index contributed by atoms with van der Waals surface area (Å²) >= 11 is 0. The van der Waals surface area contributed by atoms with Crippen LogP contribution in [0.3, 0.4) is 0 Å². The number of nitrogens with one attached hydrogen (secondary N) is 1. The van der Waals surface area contributed by atoms with Gasteiger partial charge in [0.1, 0.15) is 0 Å². The van der Waals surface area contributed by atoms with E-state index in [1.165, 1.54) is 11.1 Å². The van der Waals surface area contributed by atoms with Crippen molar-refractivity contribution in [2.45, 2.75) is 40.2 Å². The number of likely N-dealkylation sites (tertiary alicyclic amines) is 1. The largest absolute Gasteiger partial charge is 0.334 e. The summed E-state index contributed by atoms with van der Waals surface area (Å²) < 4.78 is 5.43. The smallest absolute Gasteiger partial charge is 0.257 e. The van der Waals surface area contributed by atoms with Crippen molar-refractivity contribution in [2.75, 3.05) is 18.4 Å². The zero-order chi connectivity index (χ0) is 21.1. The third-order valence-corrected chi connectivity index (χ3v) is 5.73. The van der Waals surface area contributed by atoms with E-state index in [9.17, 15) is 4.79 Å². The van der Waals surface area contributed by atoms with Gasteiger partial charge in [-0.05, 0) is 70.5 Å². The van der Waals surface area contributed by atoms with Crippen molar-refractivity contribution in [3.63, 3.8) is 0 Å². The van der Waals surface area contributed by atoms with Gasteiger partial charge in [-0.15, -0.1) is 0 Å². The molecule has 3 aromatic rings. The summed E-state index contributed by atoms with van der Waals surface area (Å²) in [4.78, 5) is 19.5. The molecule has 0 radical (unpaired) electrons. The monoisotopic (exact) mass is 404 g/mol. The average Bonchev–Trinajstić information content (AvgIpc) is 3.19. The first-order chi connectivity index (χ1) is 14.5. The van der Waals surface area contributed by atoms with Crippen LogP contribution in [0.15, 0.2) is 47.0 Å². The lowest BCUT2D eigenvalue weighted by Crippen LogP contribution is -2.38. The van der Waals surface area contributed by atoms with Gasteiger partial charge >= 0.3 is 0 Å². The third-order valence-electron chi connectivity index (χ3n) is 5.73. The lowest BCUT2D eigenvalue weighted by molar-refractivity contribution is -0.121. The summed E-state index contributed by atoms with van der Waals surface area (Å²) in [5.41, 5.74) is 5.33. The van der Waals surface area contributed by atoms with Crippen LogP contribution < -0.4 is 5.32 Å². The van der Waals surface area contributed by atoms with E-state index in [0.717, 1.165) is 42.7 Å². The van der Waals surface area contributed by atoms with Crippen LogP contribution in [0.25, 0.3) is 11.5 Å². The van der Waals surface area contributed by atoms with E-state index in [2.05, 4.69) is 40.3 Å². The van der Waals surface area contributed by atoms with Crippen LogP contribution in [0, 0.1) is 26.7 Å². The minimum absolute atomic E-state index is 0.0374. The fraction of sp³-hybridized carbons (Fsp3) is 0.375. The van der Waals surface area contributed by atoms with Crippen molar-refractivity contribution < 1.29 is 9.32 Å². The molecule has 0 atom stereocenters. The molecular weight excluding hydrogens is 376 g/mol. The first-order valence-corrected chi connectivity index (χ1v) is 10.5. The highest BCUT2D eigenvalue weighted by atomic mass is 16.5. The van der Waals surface area contributed by atoms with Crippen LogP contribution >= 0.6 is 0 Å². The van der Waals surface area contributed by atoms with E-state index in [0.29, 0.717) is 18.3 Å². The number of amides is 1. The molecule has 0 aliphatic carbocycles. The molecule has 1 aromatic heterocycles. The summed E-state index contributed by atoms with van der Waals surface area (Å²) in [5.74, 6) is 1.38. The number of hydrogen-bond acceptors (Lipinski definition) is 5. The summed E-state index contributed by atoms with van der Waals surface area (Å²) in [6.07, 6.45) is 1.67. The van der Waals surface area contributed by atoms with Crippen molar-refractivity contribution in [2.24, 2.45) is 5.92 Å². The molecule has 1 saturated heterocycles. The molecule has 2 aromatic carbocycles. The summed E-state index contributed by atoms with van der Waals surface area (Å²) in [7, 11) is 0. The molecule has 30 heavy (non-hydrogen) atoms. The first kappa shape index (κ1) is 20.3. The summed E-state index contributed by atoms with van der Waals surface area (Å²) in [6, 6.07) is 14.2. The molecule has 4 rings (SSSR count). The first-order valence-electron chi connectivity index (χ1n) is 10.5. The Bertz CT molecular complexity index is 1020. The number of carbonyl (C=O) groups is 1. The number of benzene rings is 2. The van der Waals surface area contributed by atoms with Gasteiger partial charge in [0.2, 0.25) is 5.91 Å². The Balaban J connectivity index is 1.29. The molecule has 0 unspecified atom stereocenters. The second-order valence-electron chi connectivity index (χ2n) is 8.24. The molecule has 1 aliphatic heterocycles. The van der Waals surface area contributed by atoms with Crippen LogP contribution in [0.1, 0.15) is 35.4 Å². The van der Waals surface area contributed by atoms with E-state index in [4.69, 9.17) is 4.52 Å². The van der Waals surface area contributed by atoms with Gasteiger partial charge in [0, 0.05) is 17.2 Å². The molecule has 6 heteroatoms. The number of nitrogens with zero attached hydrogens (tertiary/aromatic N) is 3. The fourth-order valence-corrected chi connectivity index (χ4v) is 3.87. The quantitative estimate of drug-likeness (QED) is 0.677. The van der Waals surface area contributed by atoms with Crippen LogP contribution in [0.4, 0.5) is 5.69 Å². The highest BCUT2D eigenvalue weighted by molar-refractivity contribution is 5.93. The highest BCUT2D eigenvalue weighted by Crippen LogP contribution is 2.23. The van der Waals surface area contributed by atoms with E-state index >= 15 is 0 Å². The number of anilines is 1. The molecule has 0 spiro atoms. The highest BCUT2D eigenvalue weighted by Gasteiger charge is 2.26. The topological polar surface area (TPSA) is 71.3 Å². The number of aromatic nitrogens is 2. The van der Waals surface area contributed by atoms with Gasteiger partial charge in [0.15, 0.2) is 5.82 Å². The van der Waals surface area contributed by atoms with Gasteiger partial charge in [0.05, 0.1) is 6.54 Å². The Labute approximate surface area is 177 Å². The molecule has 1 fully saturated rings. The zero-order valence-corrected chi connectivity index (χ0v) is 17.8. The Morgan fingerprint density at radius 3 is 2.47 bits per heavy atom. The normalized spacial score (nSPS) is 15.3. The maximum absolute atomic E-state index is 12.7. The molecular formula is C24H28N4O2. The van der Waals surface area contributed by atoms with E-state index < -0.39 is 0 Å². The molecule has 6 nitrogen and oxygen atoms in total. The third kappa shape index (κ3) is 4.76. The molecule has 1 amide bonds. The number of aryl methyl sites for hydroxylation is 3. The van der Waals surface area contributed by atoms with Crippen molar-refractivity contribution in [1.29, 1.82) is 0 Å². The second-order valence-corrected chi connectivity index (χ2v) is 8.24. The zero-order valence-electron chi connectivity index (χ0n) is 17.8. The Kier molecular flexibility index (Phi) is 5.95. The minimum atomic E-state index is 0.0374. The number of carbonyl (C=O) groups excluding carboxylic acids is 1. The van der Waals surface area contributed by atoms with Gasteiger partial charge in [-0.1, -0.05) is 40.5 Å². The molecule has 2 heterocycles. The molecule has 156 valence electrons. The predicted octanol–water partition coefficient (Wildman–Crippen LogP) is 4.51. The van der Waals surface area contributed by atoms with Crippen LogP contribution in [-0.2, 0) is 11.3 Å². The number of hydrogen-bond donors (Lipinski definition) is 1. The Morgan fingerprint density at radius 2 is 1.77 bits per heavy atom. The number of piperidine rings is 1. The standard InChI is InChI=1S/C24H28N4O2/c1-16-4-7-20(8-5-16)24-26-22(27-30-24)15-28-12-10-19(11-13-28)23(29)25-21-9-6-17(2)14-18(21)3/h4-9,14,19H,10-13,15H2,1-3H3,(H,25,29). The molecule has 1 N–H and O–H groups in total. The van der Waals surface area contributed by atoms with Crippen LogP contribution in [-0.4, -0.2) is 34.0 Å². The van der Waals surface area contributed by atoms with Crippen molar-refractivity contribution in [3.05, 3.63) is 65.0 Å². The fourth-order valence-electron chi connectivity index (χ4n) is 3.87. The summed E-state index contributed by atoms with van der Waals surface area (Å²) in [6.45, 7) is 8.47. The van der Waals surface area contributed by atoms with Gasteiger partial charge in [-0.2, -0.15) is 4.98 Å². The van der Waals surface area contributed by atoms with Crippen molar-refractivity contribution in [1.82, 2.24) is 15.0 Å². The number of rotatable bonds is 5. The predicted molar refractivity (Wildman–Crippen MR) is 117 cm³/mol. The Morgan fingerprint density at radius 1 is 1.07 bits per heavy atom. The SMILES string of the molecule is Cc1ccc(-c2nc(CN3CCC(C(=O)Nc4ccc(C)cc4C)CC3)no2)cc1. The lowest BCUT2D eigenvalue weighted by Gasteiger charge is -2.30. The Hall–Kier alpha value is -2.99. The summed E-state index contributed by atoms with van der Waals surface area (Å²) in [5, 5.41) is 7.23. The molecule has 0 saturated carbocycles. The molecule has 0 bridgehead atoms. The second kappa shape index (κ2) is 8.79.